The molecule has 5 nitrogen and oxygen atoms in total. The Bertz CT molecular complexity index is 832. The van der Waals surface area contributed by atoms with E-state index in [1.165, 1.54) is 6.07 Å². The van der Waals surface area contributed by atoms with Gasteiger partial charge in [-0.25, -0.2) is 9.37 Å². The van der Waals surface area contributed by atoms with Crippen molar-refractivity contribution in [3.05, 3.63) is 53.8 Å². The van der Waals surface area contributed by atoms with Crippen LogP contribution in [0.4, 0.5) is 10.3 Å². The summed E-state index contributed by atoms with van der Waals surface area (Å²) in [5, 5.41) is 3.22. The maximum Gasteiger partial charge on any atom is 0.204 e. The molecule has 0 aliphatic heterocycles. The number of aromatic nitrogens is 2. The predicted octanol–water partition coefficient (Wildman–Crippen LogP) is 3.44. The number of nitrogens with one attached hydrogen (secondary N) is 1. The topological polar surface area (TPSA) is 48.3 Å². The number of fused-ring (bicyclic) bond motifs is 1. The van der Waals surface area contributed by atoms with Gasteiger partial charge in [-0.1, -0.05) is 12.1 Å². The largest absolute Gasteiger partial charge is 0.497 e. The number of ether oxygens (including phenoxy) is 2. The van der Waals surface area contributed by atoms with Crippen LogP contribution < -0.4 is 10.1 Å². The minimum Gasteiger partial charge on any atom is -0.497 e. The van der Waals surface area contributed by atoms with Crippen molar-refractivity contribution in [2.24, 2.45) is 0 Å². The van der Waals surface area contributed by atoms with Gasteiger partial charge in [-0.3, -0.25) is 0 Å². The van der Waals surface area contributed by atoms with Crippen LogP contribution in [0.25, 0.3) is 11.0 Å². The third kappa shape index (κ3) is 3.33. The summed E-state index contributed by atoms with van der Waals surface area (Å²) in [6.07, 6.45) is 0. The van der Waals surface area contributed by atoms with Crippen molar-refractivity contribution in [2.45, 2.75) is 13.1 Å². The normalized spacial score (nSPS) is 11.0. The molecule has 0 bridgehead atoms. The van der Waals surface area contributed by atoms with Crippen LogP contribution in [0, 0.1) is 5.82 Å². The fourth-order valence-electron chi connectivity index (χ4n) is 2.61. The maximum atomic E-state index is 14.0. The molecule has 2 aromatic carbocycles. The number of imidazole rings is 1. The second kappa shape index (κ2) is 7.31. The van der Waals surface area contributed by atoms with Crippen molar-refractivity contribution >= 4 is 17.0 Å². The molecule has 6 heteroatoms. The first kappa shape index (κ1) is 16.3. The highest BCUT2D eigenvalue weighted by atomic mass is 19.1. The van der Waals surface area contributed by atoms with Crippen LogP contribution in [0.15, 0.2) is 42.5 Å². The molecule has 24 heavy (non-hydrogen) atoms. The van der Waals surface area contributed by atoms with Crippen molar-refractivity contribution in [1.29, 1.82) is 0 Å². The first-order valence-electron chi connectivity index (χ1n) is 7.73. The Hall–Kier alpha value is -2.60. The molecule has 0 amide bonds. The summed E-state index contributed by atoms with van der Waals surface area (Å²) in [7, 11) is 3.23. The summed E-state index contributed by atoms with van der Waals surface area (Å²) in [5.41, 5.74) is 2.44. The number of nitrogens with zero attached hydrogens (tertiary/aromatic N) is 2. The number of halogens is 1. The van der Waals surface area contributed by atoms with Crippen LogP contribution in [0.3, 0.4) is 0 Å². The molecule has 1 heterocycles. The predicted molar refractivity (Wildman–Crippen MR) is 91.9 cm³/mol. The van der Waals surface area contributed by atoms with Gasteiger partial charge in [0.15, 0.2) is 0 Å². The second-order valence-electron chi connectivity index (χ2n) is 5.38. The Kier molecular flexibility index (Phi) is 4.96. The van der Waals surface area contributed by atoms with Gasteiger partial charge >= 0.3 is 0 Å². The van der Waals surface area contributed by atoms with E-state index >= 15 is 0 Å². The van der Waals surface area contributed by atoms with E-state index in [-0.39, 0.29) is 5.82 Å². The van der Waals surface area contributed by atoms with Gasteiger partial charge in [0.05, 0.1) is 24.8 Å². The fourth-order valence-corrected chi connectivity index (χ4v) is 2.61. The van der Waals surface area contributed by atoms with E-state index < -0.39 is 0 Å². The lowest BCUT2D eigenvalue weighted by Crippen LogP contribution is -2.11. The molecule has 0 aliphatic carbocycles. The molecular formula is C18H20FN3O2. The molecule has 0 saturated carbocycles. The highest BCUT2D eigenvalue weighted by Crippen LogP contribution is 2.22. The number of benzene rings is 2. The monoisotopic (exact) mass is 329 g/mol. The quantitative estimate of drug-likeness (QED) is 0.721. The zero-order valence-corrected chi connectivity index (χ0v) is 13.8. The summed E-state index contributed by atoms with van der Waals surface area (Å²) in [4.78, 5) is 4.60. The highest BCUT2D eigenvalue weighted by Gasteiger charge is 2.11. The van der Waals surface area contributed by atoms with Crippen LogP contribution in [0.5, 0.6) is 5.75 Å². The summed E-state index contributed by atoms with van der Waals surface area (Å²) < 4.78 is 26.3. The van der Waals surface area contributed by atoms with Gasteiger partial charge in [0, 0.05) is 25.8 Å². The summed E-state index contributed by atoms with van der Waals surface area (Å²) in [6, 6.07) is 12.6. The lowest BCUT2D eigenvalue weighted by Gasteiger charge is -2.11. The zero-order chi connectivity index (χ0) is 16.9. The van der Waals surface area contributed by atoms with Gasteiger partial charge in [0.25, 0.3) is 0 Å². The first-order chi connectivity index (χ1) is 11.7. The molecule has 0 radical (unpaired) electrons. The number of anilines is 1. The summed E-state index contributed by atoms with van der Waals surface area (Å²) in [5.74, 6) is 1.04. The fraction of sp³-hybridized carbons (Fsp3) is 0.278. The number of methoxy groups -OCH3 is 2. The molecule has 0 atom stereocenters. The van der Waals surface area contributed by atoms with Crippen LogP contribution in [0.1, 0.15) is 5.56 Å². The van der Waals surface area contributed by atoms with Crippen LogP contribution in [-0.2, 0) is 17.8 Å². The average molecular weight is 329 g/mol. The smallest absolute Gasteiger partial charge is 0.204 e. The third-order valence-electron chi connectivity index (χ3n) is 3.86. The number of para-hydroxylation sites is 2. The average Bonchev–Trinajstić information content (AvgIpc) is 2.96. The Morgan fingerprint density at radius 2 is 2.00 bits per heavy atom. The minimum atomic E-state index is -0.275. The van der Waals surface area contributed by atoms with E-state index in [1.54, 1.807) is 26.4 Å². The molecule has 0 spiro atoms. The molecule has 1 N–H and O–H groups in total. The van der Waals surface area contributed by atoms with Gasteiger partial charge in [-0.15, -0.1) is 0 Å². The standard InChI is InChI=1S/C18H20FN3O2/c1-23-10-9-22-17-6-4-3-5-16(17)21-18(22)20-12-13-11-14(24-2)7-8-15(13)19/h3-8,11H,9-10,12H2,1-2H3,(H,20,21). The molecule has 0 saturated heterocycles. The molecule has 0 fully saturated rings. The summed E-state index contributed by atoms with van der Waals surface area (Å²) in [6.45, 7) is 1.56. The Labute approximate surface area is 140 Å². The lowest BCUT2D eigenvalue weighted by molar-refractivity contribution is 0.188. The van der Waals surface area contributed by atoms with E-state index in [4.69, 9.17) is 9.47 Å². The first-order valence-corrected chi connectivity index (χ1v) is 7.73. The van der Waals surface area contributed by atoms with E-state index in [1.807, 2.05) is 28.8 Å². The SMILES string of the molecule is COCCn1c(NCc2cc(OC)ccc2F)nc2ccccc21. The molecule has 1 aromatic heterocycles. The molecule has 126 valence electrons. The van der Waals surface area contributed by atoms with E-state index in [9.17, 15) is 4.39 Å². The van der Waals surface area contributed by atoms with Crippen molar-refractivity contribution in [3.8, 4) is 5.75 Å². The van der Waals surface area contributed by atoms with E-state index in [0.717, 1.165) is 11.0 Å². The summed E-state index contributed by atoms with van der Waals surface area (Å²) >= 11 is 0. The Morgan fingerprint density at radius 3 is 2.79 bits per heavy atom. The van der Waals surface area contributed by atoms with Crippen LogP contribution in [-0.4, -0.2) is 30.4 Å². The van der Waals surface area contributed by atoms with E-state index in [0.29, 0.717) is 37.0 Å². The van der Waals surface area contributed by atoms with Gasteiger partial charge in [-0.2, -0.15) is 0 Å². The molecule has 3 rings (SSSR count). The Morgan fingerprint density at radius 1 is 1.17 bits per heavy atom. The molecule has 3 aromatic rings. The Balaban J connectivity index is 1.87. The number of hydrogen-bond donors (Lipinski definition) is 1. The third-order valence-corrected chi connectivity index (χ3v) is 3.86. The molecule has 0 aliphatic rings. The van der Waals surface area contributed by atoms with Crippen molar-refractivity contribution in [2.75, 3.05) is 26.1 Å². The van der Waals surface area contributed by atoms with Crippen LogP contribution in [0.2, 0.25) is 0 Å². The molecular weight excluding hydrogens is 309 g/mol. The molecule has 0 unspecified atom stereocenters. The van der Waals surface area contributed by atoms with Gasteiger partial charge in [0.1, 0.15) is 11.6 Å². The zero-order valence-electron chi connectivity index (χ0n) is 13.8. The van der Waals surface area contributed by atoms with Gasteiger partial charge < -0.3 is 19.4 Å². The maximum absolute atomic E-state index is 14.0. The van der Waals surface area contributed by atoms with Crippen molar-refractivity contribution in [1.82, 2.24) is 9.55 Å². The van der Waals surface area contributed by atoms with Crippen LogP contribution >= 0.6 is 0 Å². The minimum absolute atomic E-state index is 0.275. The van der Waals surface area contributed by atoms with E-state index in [2.05, 4.69) is 10.3 Å². The highest BCUT2D eigenvalue weighted by molar-refractivity contribution is 5.78. The van der Waals surface area contributed by atoms with Gasteiger partial charge in [-0.05, 0) is 30.3 Å². The second-order valence-corrected chi connectivity index (χ2v) is 5.38. The van der Waals surface area contributed by atoms with Crippen molar-refractivity contribution < 1.29 is 13.9 Å². The number of hydrogen-bond acceptors (Lipinski definition) is 4. The number of rotatable bonds is 7. The lowest BCUT2D eigenvalue weighted by atomic mass is 10.2. The van der Waals surface area contributed by atoms with Gasteiger partial charge in [0.2, 0.25) is 5.95 Å². The van der Waals surface area contributed by atoms with Crippen molar-refractivity contribution in [3.63, 3.8) is 0 Å².